The van der Waals surface area contributed by atoms with Crippen LogP contribution >= 0.6 is 11.8 Å². The van der Waals surface area contributed by atoms with Gasteiger partial charge in [0.15, 0.2) is 11.5 Å². The second-order valence-electron chi connectivity index (χ2n) is 6.74. The average Bonchev–Trinajstić information content (AvgIpc) is 2.98. The first kappa shape index (κ1) is 22.6. The molecule has 164 valence electrons. The lowest BCUT2D eigenvalue weighted by molar-refractivity contribution is -0.123. The van der Waals surface area contributed by atoms with E-state index in [2.05, 4.69) is 4.74 Å². The van der Waals surface area contributed by atoms with E-state index in [4.69, 9.17) is 9.47 Å². The zero-order valence-corrected chi connectivity index (χ0v) is 18.0. The van der Waals surface area contributed by atoms with Crippen LogP contribution in [0.1, 0.15) is 16.7 Å². The van der Waals surface area contributed by atoms with Gasteiger partial charge in [-0.3, -0.25) is 14.5 Å². The quantitative estimate of drug-likeness (QED) is 0.527. The first-order valence-electron chi connectivity index (χ1n) is 9.36. The van der Waals surface area contributed by atoms with Crippen LogP contribution in [-0.4, -0.2) is 42.9 Å². The number of carbonyl (C=O) groups is 2. The van der Waals surface area contributed by atoms with Gasteiger partial charge in [0.2, 0.25) is 0 Å². The van der Waals surface area contributed by atoms with Crippen molar-refractivity contribution in [2.75, 3.05) is 20.3 Å². The summed E-state index contributed by atoms with van der Waals surface area (Å²) in [7, 11) is 1.32. The number of thioether (sulfide) groups is 1. The fourth-order valence-electron chi connectivity index (χ4n) is 2.92. The summed E-state index contributed by atoms with van der Waals surface area (Å²) < 4.78 is 40.1. The maximum Gasteiger partial charge on any atom is 0.387 e. The zero-order valence-electron chi connectivity index (χ0n) is 17.2. The van der Waals surface area contributed by atoms with Crippen LogP contribution in [0.25, 0.3) is 6.08 Å². The Morgan fingerprint density at radius 2 is 1.84 bits per heavy atom. The minimum Gasteiger partial charge on any atom is -0.493 e. The molecule has 9 heteroatoms. The number of nitrogens with zero attached hydrogens (tertiary/aromatic N) is 1. The lowest BCUT2D eigenvalue weighted by Gasteiger charge is -2.14. The van der Waals surface area contributed by atoms with E-state index in [1.807, 2.05) is 32.0 Å². The van der Waals surface area contributed by atoms with E-state index in [0.717, 1.165) is 27.8 Å². The van der Waals surface area contributed by atoms with Crippen LogP contribution in [0.3, 0.4) is 0 Å². The molecule has 1 aliphatic rings. The highest BCUT2D eigenvalue weighted by molar-refractivity contribution is 8.18. The third-order valence-electron chi connectivity index (χ3n) is 4.49. The summed E-state index contributed by atoms with van der Waals surface area (Å²) in [6, 6.07) is 10.1. The molecule has 0 bridgehead atoms. The van der Waals surface area contributed by atoms with Gasteiger partial charge >= 0.3 is 6.61 Å². The van der Waals surface area contributed by atoms with Gasteiger partial charge in [-0.05, 0) is 66.6 Å². The van der Waals surface area contributed by atoms with Crippen LogP contribution in [0.15, 0.2) is 41.3 Å². The molecule has 2 aromatic carbocycles. The Morgan fingerprint density at radius 3 is 2.55 bits per heavy atom. The molecule has 0 aromatic heterocycles. The highest BCUT2D eigenvalue weighted by atomic mass is 32.2. The summed E-state index contributed by atoms with van der Waals surface area (Å²) >= 11 is 0.808. The maximum atomic E-state index is 12.7. The lowest BCUT2D eigenvalue weighted by Crippen LogP contribution is -2.32. The molecule has 2 aromatic rings. The summed E-state index contributed by atoms with van der Waals surface area (Å²) in [5.41, 5.74) is 2.53. The van der Waals surface area contributed by atoms with Crippen molar-refractivity contribution in [3.63, 3.8) is 0 Å². The lowest BCUT2D eigenvalue weighted by atomic mass is 10.1. The molecule has 0 atom stereocenters. The smallest absolute Gasteiger partial charge is 0.387 e. The SMILES string of the molecule is COc1cc(/C=C2\SC(=O)N(CCOc3cc(C)ccc3C)C2=O)ccc1OC(F)F. The topological polar surface area (TPSA) is 65.1 Å². The van der Waals surface area contributed by atoms with Crippen molar-refractivity contribution < 1.29 is 32.6 Å². The maximum absolute atomic E-state index is 12.7. The van der Waals surface area contributed by atoms with E-state index in [1.54, 1.807) is 0 Å². The molecule has 0 spiro atoms. The molecule has 31 heavy (non-hydrogen) atoms. The number of amides is 2. The van der Waals surface area contributed by atoms with Gasteiger partial charge in [-0.1, -0.05) is 18.2 Å². The molecule has 1 aliphatic heterocycles. The minimum atomic E-state index is -2.98. The average molecular weight is 449 g/mol. The first-order valence-corrected chi connectivity index (χ1v) is 10.2. The fraction of sp³-hybridized carbons (Fsp3) is 0.273. The Bertz CT molecular complexity index is 1020. The monoisotopic (exact) mass is 449 g/mol. The van der Waals surface area contributed by atoms with Crippen LogP contribution in [0.2, 0.25) is 0 Å². The van der Waals surface area contributed by atoms with Crippen molar-refractivity contribution in [1.29, 1.82) is 0 Å². The normalized spacial score (nSPS) is 15.2. The highest BCUT2D eigenvalue weighted by Crippen LogP contribution is 2.35. The molecule has 6 nitrogen and oxygen atoms in total. The van der Waals surface area contributed by atoms with Gasteiger partial charge in [-0.2, -0.15) is 8.78 Å². The molecule has 0 radical (unpaired) electrons. The Labute approximate surface area is 182 Å². The molecular weight excluding hydrogens is 428 g/mol. The van der Waals surface area contributed by atoms with Crippen LogP contribution in [-0.2, 0) is 4.79 Å². The Morgan fingerprint density at radius 1 is 1.06 bits per heavy atom. The van der Waals surface area contributed by atoms with Crippen molar-refractivity contribution in [1.82, 2.24) is 4.90 Å². The molecule has 0 saturated carbocycles. The standard InChI is InChI=1S/C22H21F2NO5S/c1-13-4-5-14(2)17(10-13)29-9-8-25-20(26)19(31-22(25)27)12-15-6-7-16(30-21(23)24)18(11-15)28-3/h4-7,10-12,21H,8-9H2,1-3H3/b19-12-. The second-order valence-corrected chi connectivity index (χ2v) is 7.73. The number of rotatable bonds is 8. The summed E-state index contributed by atoms with van der Waals surface area (Å²) in [4.78, 5) is 26.3. The van der Waals surface area contributed by atoms with Crippen molar-refractivity contribution in [2.24, 2.45) is 0 Å². The number of carbonyl (C=O) groups excluding carboxylic acids is 2. The van der Waals surface area contributed by atoms with Gasteiger partial charge in [0.25, 0.3) is 11.1 Å². The van der Waals surface area contributed by atoms with E-state index < -0.39 is 17.8 Å². The number of halogens is 2. The summed E-state index contributed by atoms with van der Waals surface area (Å²) in [5.74, 6) is 0.244. The number of ether oxygens (including phenoxy) is 3. The van der Waals surface area contributed by atoms with Crippen molar-refractivity contribution in [2.45, 2.75) is 20.5 Å². The van der Waals surface area contributed by atoms with E-state index >= 15 is 0 Å². The van der Waals surface area contributed by atoms with E-state index in [1.165, 1.54) is 31.4 Å². The van der Waals surface area contributed by atoms with Crippen LogP contribution < -0.4 is 14.2 Å². The number of hydrogen-bond acceptors (Lipinski definition) is 6. The second kappa shape index (κ2) is 9.82. The fourth-order valence-corrected chi connectivity index (χ4v) is 3.79. The zero-order chi connectivity index (χ0) is 22.5. The first-order chi connectivity index (χ1) is 14.8. The summed E-state index contributed by atoms with van der Waals surface area (Å²) in [5, 5.41) is -0.398. The Hall–Kier alpha value is -3.07. The molecule has 1 saturated heterocycles. The predicted octanol–water partition coefficient (Wildman–Crippen LogP) is 5.03. The van der Waals surface area contributed by atoms with E-state index in [9.17, 15) is 18.4 Å². The molecular formula is C22H21F2NO5S. The van der Waals surface area contributed by atoms with Crippen LogP contribution in [0.5, 0.6) is 17.2 Å². The van der Waals surface area contributed by atoms with E-state index in [0.29, 0.717) is 11.3 Å². The molecule has 0 aliphatic carbocycles. The van der Waals surface area contributed by atoms with E-state index in [-0.39, 0.29) is 29.6 Å². The van der Waals surface area contributed by atoms with Crippen molar-refractivity contribution in [3.8, 4) is 17.2 Å². The van der Waals surface area contributed by atoms with Gasteiger partial charge in [0.05, 0.1) is 18.6 Å². The molecule has 1 heterocycles. The third-order valence-corrected chi connectivity index (χ3v) is 5.40. The van der Waals surface area contributed by atoms with Crippen LogP contribution in [0.4, 0.5) is 13.6 Å². The molecule has 3 rings (SSSR count). The number of imide groups is 1. The molecule has 1 fully saturated rings. The van der Waals surface area contributed by atoms with Gasteiger partial charge in [0, 0.05) is 0 Å². The van der Waals surface area contributed by atoms with Crippen molar-refractivity contribution in [3.05, 3.63) is 58.0 Å². The highest BCUT2D eigenvalue weighted by Gasteiger charge is 2.34. The molecule has 0 N–H and O–H groups in total. The van der Waals surface area contributed by atoms with Crippen molar-refractivity contribution >= 4 is 29.0 Å². The summed E-state index contributed by atoms with van der Waals surface area (Å²) in [6.45, 7) is 1.17. The number of methoxy groups -OCH3 is 1. The number of hydrogen-bond donors (Lipinski definition) is 0. The number of aryl methyl sites for hydroxylation is 2. The van der Waals surface area contributed by atoms with Gasteiger partial charge in [-0.25, -0.2) is 0 Å². The molecule has 2 amide bonds. The number of alkyl halides is 2. The largest absolute Gasteiger partial charge is 0.493 e. The molecule has 0 unspecified atom stereocenters. The van der Waals surface area contributed by atoms with Gasteiger partial charge in [-0.15, -0.1) is 0 Å². The third kappa shape index (κ3) is 5.55. The van der Waals surface area contributed by atoms with Crippen LogP contribution in [0, 0.1) is 13.8 Å². The van der Waals surface area contributed by atoms with Gasteiger partial charge < -0.3 is 14.2 Å². The summed E-state index contributed by atoms with van der Waals surface area (Å²) in [6.07, 6.45) is 1.51. The number of benzene rings is 2. The minimum absolute atomic E-state index is 0.0928. The Balaban J connectivity index is 1.68. The Kier molecular flexibility index (Phi) is 7.17. The van der Waals surface area contributed by atoms with Gasteiger partial charge in [0.1, 0.15) is 12.4 Å². The predicted molar refractivity (Wildman–Crippen MR) is 114 cm³/mol.